The van der Waals surface area contributed by atoms with E-state index in [0.717, 1.165) is 19.3 Å². The average Bonchev–Trinajstić information content (AvgIpc) is 2.86. The van der Waals surface area contributed by atoms with E-state index >= 15 is 0 Å². The number of unbranched alkanes of at least 4 members (excludes halogenated alkanes) is 2. The third-order valence-corrected chi connectivity index (χ3v) is 3.50. The minimum absolute atomic E-state index is 0.310. The van der Waals surface area contributed by atoms with Crippen molar-refractivity contribution in [3.8, 4) is 0 Å². The summed E-state index contributed by atoms with van der Waals surface area (Å²) in [7, 11) is 0. The first-order chi connectivity index (χ1) is 9.58. The van der Waals surface area contributed by atoms with Crippen LogP contribution in [0.3, 0.4) is 0 Å². The van der Waals surface area contributed by atoms with Crippen molar-refractivity contribution < 1.29 is 14.0 Å². The molecule has 0 spiro atoms. The first-order valence-corrected chi connectivity index (χ1v) is 7.24. The molecule has 0 aromatic carbocycles. The van der Waals surface area contributed by atoms with Crippen LogP contribution in [0, 0.1) is 6.92 Å². The van der Waals surface area contributed by atoms with E-state index in [4.69, 9.17) is 4.42 Å². The van der Waals surface area contributed by atoms with Crippen molar-refractivity contribution in [1.29, 1.82) is 0 Å². The van der Waals surface area contributed by atoms with Crippen molar-refractivity contribution in [3.63, 3.8) is 0 Å². The zero-order valence-corrected chi connectivity index (χ0v) is 13.2. The molecule has 0 aliphatic heterocycles. The second-order valence-corrected chi connectivity index (χ2v) is 5.12. The monoisotopic (exact) mass is 343 g/mol. The van der Waals surface area contributed by atoms with Crippen LogP contribution < -0.4 is 0 Å². The summed E-state index contributed by atoms with van der Waals surface area (Å²) in [4.78, 5) is 23.8. The highest BCUT2D eigenvalue weighted by molar-refractivity contribution is 9.12. The third-order valence-electron chi connectivity index (χ3n) is 2.70. The van der Waals surface area contributed by atoms with E-state index in [2.05, 4.69) is 26.1 Å². The van der Waals surface area contributed by atoms with Gasteiger partial charge in [0, 0.05) is 19.9 Å². The molecule has 0 bridgehead atoms. The number of aryl methyl sites for hydroxylation is 2. The quantitative estimate of drug-likeness (QED) is 0.411. The highest BCUT2D eigenvalue weighted by Crippen LogP contribution is 2.10. The summed E-state index contributed by atoms with van der Waals surface area (Å²) in [6.07, 6.45) is 5.42. The number of imide groups is 1. The molecule has 0 N–H and O–H groups in total. The zero-order valence-electron chi connectivity index (χ0n) is 11.6. The summed E-state index contributed by atoms with van der Waals surface area (Å²) >= 11 is 3.12. The van der Waals surface area contributed by atoms with Crippen molar-refractivity contribution in [2.45, 2.75) is 39.5 Å². The number of halogens is 1. The Bertz CT molecular complexity index is 485. The number of allylic oxidation sites excluding steroid dienone is 1. The van der Waals surface area contributed by atoms with Gasteiger partial charge in [0.05, 0.1) is 4.48 Å². The van der Waals surface area contributed by atoms with Crippen molar-refractivity contribution in [2.75, 3.05) is 6.54 Å². The number of amides is 2. The molecular formula is C13H18BrN3O3. The Balaban J connectivity index is 2.25. The molecule has 1 heterocycles. The van der Waals surface area contributed by atoms with E-state index in [1.165, 1.54) is 4.90 Å². The Hall–Kier alpha value is -1.50. The van der Waals surface area contributed by atoms with Gasteiger partial charge in [0.15, 0.2) is 0 Å². The molecule has 7 heteroatoms. The summed E-state index contributed by atoms with van der Waals surface area (Å²) in [6, 6.07) is 0. The van der Waals surface area contributed by atoms with Gasteiger partial charge in [-0.25, -0.2) is 0 Å². The van der Waals surface area contributed by atoms with Gasteiger partial charge in [-0.15, -0.1) is 10.2 Å². The van der Waals surface area contributed by atoms with E-state index in [9.17, 15) is 9.59 Å². The lowest BCUT2D eigenvalue weighted by Crippen LogP contribution is -2.30. The lowest BCUT2D eigenvalue weighted by atomic mass is 10.2. The number of rotatable bonds is 8. The van der Waals surface area contributed by atoms with Crippen molar-refractivity contribution in [1.82, 2.24) is 15.1 Å². The molecule has 0 atom stereocenters. The van der Waals surface area contributed by atoms with Crippen LogP contribution in [-0.2, 0) is 16.0 Å². The second-order valence-electron chi connectivity index (χ2n) is 4.27. The first-order valence-electron chi connectivity index (χ1n) is 6.45. The molecule has 1 rings (SSSR count). The molecule has 6 nitrogen and oxygen atoms in total. The highest BCUT2D eigenvalue weighted by Gasteiger charge is 2.14. The summed E-state index contributed by atoms with van der Waals surface area (Å²) in [5.74, 6) is 0.881. The number of carbonyl (C=O) groups excluding carboxylic acids is 2. The molecule has 0 radical (unpaired) electrons. The fraction of sp³-hybridized carbons (Fsp3) is 0.538. The van der Waals surface area contributed by atoms with Crippen LogP contribution in [-0.4, -0.2) is 34.0 Å². The molecule has 2 amide bonds. The molecule has 0 unspecified atom stereocenters. The largest absolute Gasteiger partial charge is 0.426 e. The van der Waals surface area contributed by atoms with E-state index in [1.807, 2.05) is 0 Å². The van der Waals surface area contributed by atoms with Gasteiger partial charge < -0.3 is 4.42 Å². The Morgan fingerprint density at radius 3 is 2.65 bits per heavy atom. The Kier molecular flexibility index (Phi) is 7.14. The lowest BCUT2D eigenvalue weighted by Gasteiger charge is -2.14. The summed E-state index contributed by atoms with van der Waals surface area (Å²) in [5, 5.41) is 7.66. The highest BCUT2D eigenvalue weighted by atomic mass is 79.9. The van der Waals surface area contributed by atoms with Gasteiger partial charge in [0.2, 0.25) is 18.2 Å². The Morgan fingerprint density at radius 1 is 1.35 bits per heavy atom. The summed E-state index contributed by atoms with van der Waals surface area (Å²) in [6.45, 7) is 3.90. The van der Waals surface area contributed by atoms with Crippen LogP contribution in [0.15, 0.2) is 15.0 Å². The van der Waals surface area contributed by atoms with Gasteiger partial charge in [-0.1, -0.05) is 12.5 Å². The van der Waals surface area contributed by atoms with Gasteiger partial charge in [-0.2, -0.15) is 0 Å². The topological polar surface area (TPSA) is 76.3 Å². The second kappa shape index (κ2) is 8.63. The standard InChI is InChI=1S/C13H18BrN3O3/c1-3-11(14)13(19)17(9-18)8-6-4-5-7-12-16-15-10(2)20-12/h3,9H,4-8H2,1-2H3/b11-3+. The number of nitrogens with zero attached hydrogens (tertiary/aromatic N) is 3. The fourth-order valence-corrected chi connectivity index (χ4v) is 1.86. The SMILES string of the molecule is C/C=C(/Br)C(=O)N(C=O)CCCCCc1nnc(C)o1. The van der Waals surface area contributed by atoms with Gasteiger partial charge >= 0.3 is 0 Å². The molecule has 0 fully saturated rings. The number of hydrogen-bond donors (Lipinski definition) is 0. The van der Waals surface area contributed by atoms with Gasteiger partial charge in [-0.05, 0) is 35.7 Å². The van der Waals surface area contributed by atoms with Crippen LogP contribution in [0.1, 0.15) is 38.0 Å². The molecule has 110 valence electrons. The number of carbonyl (C=O) groups is 2. The van der Waals surface area contributed by atoms with Crippen LogP contribution in [0.4, 0.5) is 0 Å². The van der Waals surface area contributed by atoms with Gasteiger partial charge in [0.25, 0.3) is 5.91 Å². The molecular weight excluding hydrogens is 326 g/mol. The normalized spacial score (nSPS) is 11.4. The molecule has 0 aliphatic carbocycles. The minimum Gasteiger partial charge on any atom is -0.426 e. The van der Waals surface area contributed by atoms with Crippen LogP contribution in [0.5, 0.6) is 0 Å². The molecule has 1 aromatic heterocycles. The predicted octanol–water partition coefficient (Wildman–Crippen LogP) is 2.37. The van der Waals surface area contributed by atoms with Crippen molar-refractivity contribution in [3.05, 3.63) is 22.3 Å². The Morgan fingerprint density at radius 2 is 2.10 bits per heavy atom. The fourth-order valence-electron chi connectivity index (χ4n) is 1.64. The number of hydrogen-bond acceptors (Lipinski definition) is 5. The maximum atomic E-state index is 11.7. The van der Waals surface area contributed by atoms with Crippen LogP contribution in [0.25, 0.3) is 0 Å². The zero-order chi connectivity index (χ0) is 15.0. The lowest BCUT2D eigenvalue weighted by molar-refractivity contribution is -0.134. The first kappa shape index (κ1) is 16.6. The smallest absolute Gasteiger partial charge is 0.266 e. The molecule has 1 aromatic rings. The average molecular weight is 344 g/mol. The maximum absolute atomic E-state index is 11.7. The molecule has 0 aliphatic rings. The minimum atomic E-state index is -0.310. The predicted molar refractivity (Wildman–Crippen MR) is 77.1 cm³/mol. The van der Waals surface area contributed by atoms with Crippen LogP contribution in [0.2, 0.25) is 0 Å². The van der Waals surface area contributed by atoms with Gasteiger partial charge in [-0.3, -0.25) is 14.5 Å². The van der Waals surface area contributed by atoms with E-state index < -0.39 is 0 Å². The van der Waals surface area contributed by atoms with Crippen LogP contribution >= 0.6 is 15.9 Å². The molecule has 20 heavy (non-hydrogen) atoms. The third kappa shape index (κ3) is 5.24. The van der Waals surface area contributed by atoms with Crippen molar-refractivity contribution in [2.24, 2.45) is 0 Å². The van der Waals surface area contributed by atoms with E-state index in [-0.39, 0.29) is 5.91 Å². The van der Waals surface area contributed by atoms with E-state index in [0.29, 0.717) is 35.6 Å². The molecule has 0 saturated heterocycles. The number of aromatic nitrogens is 2. The Labute approximate surface area is 126 Å². The van der Waals surface area contributed by atoms with Crippen molar-refractivity contribution >= 4 is 28.2 Å². The summed E-state index contributed by atoms with van der Waals surface area (Å²) in [5.41, 5.74) is 0. The molecule has 0 saturated carbocycles. The van der Waals surface area contributed by atoms with Gasteiger partial charge in [0.1, 0.15) is 0 Å². The summed E-state index contributed by atoms with van der Waals surface area (Å²) < 4.78 is 5.65. The maximum Gasteiger partial charge on any atom is 0.266 e. The van der Waals surface area contributed by atoms with E-state index in [1.54, 1.807) is 19.9 Å².